The summed E-state index contributed by atoms with van der Waals surface area (Å²) in [4.78, 5) is 5.88. The lowest BCUT2D eigenvalue weighted by Crippen LogP contribution is -2.47. The van der Waals surface area contributed by atoms with Gasteiger partial charge in [0.25, 0.3) is 0 Å². The van der Waals surface area contributed by atoms with E-state index in [2.05, 4.69) is 16.8 Å². The first kappa shape index (κ1) is 15.5. The maximum Gasteiger partial charge on any atom is 0.243 e. The summed E-state index contributed by atoms with van der Waals surface area (Å²) in [6.07, 6.45) is 3.72. The highest BCUT2D eigenvalue weighted by Crippen LogP contribution is 2.36. The van der Waals surface area contributed by atoms with Crippen LogP contribution in [-0.4, -0.2) is 49.8 Å². The molecule has 2 fully saturated rings. The number of hydrogen-bond acceptors (Lipinski definition) is 3. The number of hydrogen-bond donors (Lipinski definition) is 0. The molecule has 1 saturated carbocycles. The molecular weight excluding hydrogens is 298 g/mol. The second kappa shape index (κ2) is 5.99. The van der Waals surface area contributed by atoms with Gasteiger partial charge in [0.1, 0.15) is 0 Å². The molecule has 1 aliphatic heterocycles. The molecule has 1 saturated heterocycles. The lowest BCUT2D eigenvalue weighted by atomic mass is 10.1. The first-order valence-corrected chi connectivity index (χ1v) is 9.16. The van der Waals surface area contributed by atoms with Crippen LogP contribution in [0.25, 0.3) is 4.85 Å². The average molecular weight is 319 g/mol. The summed E-state index contributed by atoms with van der Waals surface area (Å²) in [6.45, 7) is 8.86. The van der Waals surface area contributed by atoms with E-state index in [0.717, 1.165) is 38.8 Å². The van der Waals surface area contributed by atoms with Gasteiger partial charge >= 0.3 is 0 Å². The second-order valence-electron chi connectivity index (χ2n) is 6.21. The fourth-order valence-electron chi connectivity index (χ4n) is 3.08. The molecule has 1 aromatic carbocycles. The van der Waals surface area contributed by atoms with E-state index in [0.29, 0.717) is 10.6 Å². The van der Waals surface area contributed by atoms with Gasteiger partial charge in [-0.15, -0.1) is 0 Å². The van der Waals surface area contributed by atoms with E-state index in [1.165, 1.54) is 0 Å². The first-order chi connectivity index (χ1) is 10.5. The van der Waals surface area contributed by atoms with Crippen molar-refractivity contribution in [3.05, 3.63) is 35.7 Å². The van der Waals surface area contributed by atoms with Crippen LogP contribution in [0.2, 0.25) is 0 Å². The molecule has 0 amide bonds. The molecule has 0 spiro atoms. The van der Waals surface area contributed by atoms with Crippen LogP contribution in [-0.2, 0) is 10.0 Å². The van der Waals surface area contributed by atoms with Crippen molar-refractivity contribution in [2.45, 2.75) is 42.7 Å². The van der Waals surface area contributed by atoms with Gasteiger partial charge in [-0.1, -0.05) is 24.3 Å². The van der Waals surface area contributed by atoms with Crippen LogP contribution in [0, 0.1) is 6.57 Å². The van der Waals surface area contributed by atoms with Crippen LogP contribution in [0.1, 0.15) is 25.7 Å². The van der Waals surface area contributed by atoms with Crippen LogP contribution in [0.5, 0.6) is 0 Å². The topological polar surface area (TPSA) is 45.0 Å². The molecule has 0 unspecified atom stereocenters. The third-order valence-corrected chi connectivity index (χ3v) is 6.52. The Kier molecular flexibility index (Phi) is 4.22. The fraction of sp³-hybridized carbons (Fsp3) is 0.562. The van der Waals surface area contributed by atoms with Gasteiger partial charge in [-0.25, -0.2) is 13.3 Å². The predicted molar refractivity (Wildman–Crippen MR) is 85.3 cm³/mol. The zero-order valence-corrected chi connectivity index (χ0v) is 13.6. The lowest BCUT2D eigenvalue weighted by molar-refractivity contribution is 0.178. The van der Waals surface area contributed by atoms with Gasteiger partial charge in [-0.3, -0.25) is 0 Å². The number of piperidine rings is 1. The largest absolute Gasteiger partial charge is 0.306 e. The van der Waals surface area contributed by atoms with Crippen molar-refractivity contribution < 1.29 is 8.42 Å². The summed E-state index contributed by atoms with van der Waals surface area (Å²) in [6, 6.07) is 6.56. The minimum absolute atomic E-state index is 0.106. The molecule has 118 valence electrons. The van der Waals surface area contributed by atoms with Gasteiger partial charge in [0.2, 0.25) is 10.0 Å². The minimum atomic E-state index is -3.47. The normalized spacial score (nSPS) is 21.0. The molecule has 22 heavy (non-hydrogen) atoms. The Balaban J connectivity index is 1.88. The van der Waals surface area contributed by atoms with Gasteiger partial charge in [-0.05, 0) is 45.8 Å². The van der Waals surface area contributed by atoms with Crippen molar-refractivity contribution in [3.8, 4) is 0 Å². The zero-order valence-electron chi connectivity index (χ0n) is 12.8. The smallest absolute Gasteiger partial charge is 0.243 e. The summed E-state index contributed by atoms with van der Waals surface area (Å²) in [7, 11) is -1.39. The Morgan fingerprint density at radius 1 is 1.09 bits per heavy atom. The van der Waals surface area contributed by atoms with E-state index in [9.17, 15) is 8.42 Å². The molecule has 0 bridgehead atoms. The molecule has 1 aromatic rings. The van der Waals surface area contributed by atoms with E-state index in [4.69, 9.17) is 6.57 Å². The minimum Gasteiger partial charge on any atom is -0.306 e. The van der Waals surface area contributed by atoms with E-state index in [-0.39, 0.29) is 12.1 Å². The maximum atomic E-state index is 13.0. The van der Waals surface area contributed by atoms with Crippen LogP contribution in [0.4, 0.5) is 5.69 Å². The molecule has 1 aliphatic carbocycles. The van der Waals surface area contributed by atoms with E-state index in [1.54, 1.807) is 28.6 Å². The van der Waals surface area contributed by atoms with E-state index < -0.39 is 10.0 Å². The van der Waals surface area contributed by atoms with Gasteiger partial charge in [0, 0.05) is 12.1 Å². The molecule has 0 N–H and O–H groups in total. The molecule has 3 rings (SSSR count). The summed E-state index contributed by atoms with van der Waals surface area (Å²) in [5, 5.41) is 0. The molecule has 0 atom stereocenters. The average Bonchev–Trinajstić information content (AvgIpc) is 3.34. The fourth-order valence-corrected chi connectivity index (χ4v) is 5.01. The molecule has 6 heteroatoms. The Morgan fingerprint density at radius 3 is 2.14 bits per heavy atom. The number of nitrogens with zero attached hydrogens (tertiary/aromatic N) is 3. The third kappa shape index (κ3) is 3.02. The first-order valence-electron chi connectivity index (χ1n) is 7.72. The molecular formula is C16H21N3O2S. The molecule has 5 nitrogen and oxygen atoms in total. The lowest BCUT2D eigenvalue weighted by Gasteiger charge is -2.36. The summed E-state index contributed by atoms with van der Waals surface area (Å²) in [5.74, 6) is 0. The van der Waals surface area contributed by atoms with Gasteiger partial charge in [-0.2, -0.15) is 4.31 Å². The van der Waals surface area contributed by atoms with Gasteiger partial charge < -0.3 is 4.90 Å². The quantitative estimate of drug-likeness (QED) is 0.801. The van der Waals surface area contributed by atoms with Crippen molar-refractivity contribution in [1.29, 1.82) is 0 Å². The molecule has 0 radical (unpaired) electrons. The number of sulfonamides is 1. The Morgan fingerprint density at radius 2 is 1.64 bits per heavy atom. The molecule has 0 aromatic heterocycles. The number of rotatable bonds is 4. The van der Waals surface area contributed by atoms with Crippen molar-refractivity contribution in [1.82, 2.24) is 9.21 Å². The zero-order chi connectivity index (χ0) is 15.7. The summed E-state index contributed by atoms with van der Waals surface area (Å²) >= 11 is 0. The SMILES string of the molecule is [C-]#[N+]c1ccc(S(=O)(=O)N(C2CC2)C2CCN(C)CC2)cc1. The standard InChI is InChI=1S/C16H21N3O2S/c1-17-13-3-7-16(8-4-13)22(20,21)19(14-5-6-14)15-9-11-18(2)12-10-15/h3-4,7-8,14-15H,5-6,9-12H2,2H3. The highest BCUT2D eigenvalue weighted by atomic mass is 32.2. The van der Waals surface area contributed by atoms with Gasteiger partial charge in [0.15, 0.2) is 5.69 Å². The van der Waals surface area contributed by atoms with Crippen LogP contribution in [0.3, 0.4) is 0 Å². The van der Waals surface area contributed by atoms with E-state index in [1.807, 2.05) is 0 Å². The Bertz CT molecular complexity index is 666. The van der Waals surface area contributed by atoms with Crippen LogP contribution < -0.4 is 0 Å². The highest BCUT2D eigenvalue weighted by Gasteiger charge is 2.43. The van der Waals surface area contributed by atoms with Crippen molar-refractivity contribution >= 4 is 15.7 Å². The highest BCUT2D eigenvalue weighted by molar-refractivity contribution is 7.89. The predicted octanol–water partition coefficient (Wildman–Crippen LogP) is 2.48. The van der Waals surface area contributed by atoms with Crippen molar-refractivity contribution in [3.63, 3.8) is 0 Å². The Labute approximate surface area is 132 Å². The number of benzene rings is 1. The van der Waals surface area contributed by atoms with Crippen molar-refractivity contribution in [2.24, 2.45) is 0 Å². The van der Waals surface area contributed by atoms with Crippen molar-refractivity contribution in [2.75, 3.05) is 20.1 Å². The van der Waals surface area contributed by atoms with Crippen LogP contribution >= 0.6 is 0 Å². The maximum absolute atomic E-state index is 13.0. The van der Waals surface area contributed by atoms with Crippen LogP contribution in [0.15, 0.2) is 29.2 Å². The summed E-state index contributed by atoms with van der Waals surface area (Å²) in [5.41, 5.74) is 0.469. The summed E-state index contributed by atoms with van der Waals surface area (Å²) < 4.78 is 27.8. The Hall–Kier alpha value is -1.42. The molecule has 1 heterocycles. The van der Waals surface area contributed by atoms with Gasteiger partial charge in [0.05, 0.1) is 11.5 Å². The van der Waals surface area contributed by atoms with E-state index >= 15 is 0 Å². The molecule has 2 aliphatic rings. The third-order valence-electron chi connectivity index (χ3n) is 4.50. The number of likely N-dealkylation sites (tertiary alicyclic amines) is 1. The monoisotopic (exact) mass is 319 g/mol. The second-order valence-corrected chi connectivity index (χ2v) is 8.05.